The molecule has 0 amide bonds. The van der Waals surface area contributed by atoms with E-state index in [2.05, 4.69) is 0 Å². The SMILES string of the molecule is OC1C2C=CC(C2)C1O. The summed E-state index contributed by atoms with van der Waals surface area (Å²) >= 11 is 0. The van der Waals surface area contributed by atoms with Gasteiger partial charge in [-0.3, -0.25) is 0 Å². The van der Waals surface area contributed by atoms with Gasteiger partial charge < -0.3 is 10.2 Å². The van der Waals surface area contributed by atoms with Crippen LogP contribution < -0.4 is 0 Å². The molecule has 2 nitrogen and oxygen atoms in total. The van der Waals surface area contributed by atoms with E-state index in [1.165, 1.54) is 0 Å². The predicted octanol–water partition coefficient (Wildman–Crippen LogP) is -0.0859. The number of hydrogen-bond acceptors (Lipinski definition) is 2. The Bertz CT molecular complexity index is 137. The molecule has 0 radical (unpaired) electrons. The van der Waals surface area contributed by atoms with Crippen LogP contribution in [0.4, 0.5) is 0 Å². The Morgan fingerprint density at radius 1 is 1.00 bits per heavy atom. The third-order valence-corrected chi connectivity index (χ3v) is 2.38. The lowest BCUT2D eigenvalue weighted by atomic mass is 10.0. The molecule has 2 bridgehead atoms. The van der Waals surface area contributed by atoms with Gasteiger partial charge in [0.2, 0.25) is 0 Å². The first-order valence-electron chi connectivity index (χ1n) is 3.33. The van der Waals surface area contributed by atoms with Crippen molar-refractivity contribution in [3.05, 3.63) is 12.2 Å². The Morgan fingerprint density at radius 3 is 1.67 bits per heavy atom. The smallest absolute Gasteiger partial charge is 0.0867 e. The van der Waals surface area contributed by atoms with Crippen LogP contribution in [0.15, 0.2) is 12.2 Å². The molecule has 0 aliphatic heterocycles. The van der Waals surface area contributed by atoms with Gasteiger partial charge in [0.25, 0.3) is 0 Å². The Hall–Kier alpha value is -0.340. The zero-order chi connectivity index (χ0) is 6.43. The van der Waals surface area contributed by atoms with E-state index in [1.54, 1.807) is 0 Å². The molecule has 0 aromatic carbocycles. The zero-order valence-corrected chi connectivity index (χ0v) is 5.07. The first-order valence-corrected chi connectivity index (χ1v) is 3.33. The molecule has 2 rings (SSSR count). The summed E-state index contributed by atoms with van der Waals surface area (Å²) in [5.41, 5.74) is 0. The minimum atomic E-state index is -0.486. The maximum absolute atomic E-state index is 9.19. The number of aliphatic hydroxyl groups is 2. The quantitative estimate of drug-likeness (QED) is 0.445. The van der Waals surface area contributed by atoms with Gasteiger partial charge in [-0.1, -0.05) is 12.2 Å². The summed E-state index contributed by atoms with van der Waals surface area (Å²) in [6, 6.07) is 0. The molecule has 2 aliphatic carbocycles. The van der Waals surface area contributed by atoms with Crippen LogP contribution in [0.2, 0.25) is 0 Å². The van der Waals surface area contributed by atoms with Gasteiger partial charge >= 0.3 is 0 Å². The Morgan fingerprint density at radius 2 is 1.44 bits per heavy atom. The maximum Gasteiger partial charge on any atom is 0.0867 e. The number of fused-ring (bicyclic) bond motifs is 2. The van der Waals surface area contributed by atoms with E-state index in [9.17, 15) is 10.2 Å². The van der Waals surface area contributed by atoms with Crippen molar-refractivity contribution in [2.75, 3.05) is 0 Å². The normalized spacial score (nSPS) is 54.9. The average molecular weight is 126 g/mol. The van der Waals surface area contributed by atoms with Crippen molar-refractivity contribution in [2.24, 2.45) is 11.8 Å². The molecule has 1 saturated carbocycles. The van der Waals surface area contributed by atoms with Gasteiger partial charge in [0.1, 0.15) is 0 Å². The van der Waals surface area contributed by atoms with E-state index < -0.39 is 12.2 Å². The van der Waals surface area contributed by atoms with Crippen LogP contribution in [0.5, 0.6) is 0 Å². The first kappa shape index (κ1) is 5.45. The Kier molecular flexibility index (Phi) is 0.957. The number of hydrogen-bond donors (Lipinski definition) is 2. The lowest BCUT2D eigenvalue weighted by Crippen LogP contribution is -2.29. The molecular weight excluding hydrogens is 116 g/mol. The third-order valence-electron chi connectivity index (χ3n) is 2.38. The fourth-order valence-electron chi connectivity index (χ4n) is 1.77. The molecule has 2 aliphatic rings. The van der Waals surface area contributed by atoms with Crippen LogP contribution in [0, 0.1) is 11.8 Å². The van der Waals surface area contributed by atoms with Gasteiger partial charge in [-0.05, 0) is 6.42 Å². The fraction of sp³-hybridized carbons (Fsp3) is 0.714. The molecule has 0 heterocycles. The molecule has 9 heavy (non-hydrogen) atoms. The highest BCUT2D eigenvalue weighted by molar-refractivity contribution is 5.14. The Labute approximate surface area is 53.8 Å². The van der Waals surface area contributed by atoms with Crippen LogP contribution in [0.1, 0.15) is 6.42 Å². The Balaban J connectivity index is 2.26. The third kappa shape index (κ3) is 0.575. The summed E-state index contributed by atoms with van der Waals surface area (Å²) in [5, 5.41) is 18.4. The highest BCUT2D eigenvalue weighted by Gasteiger charge is 2.42. The second-order valence-electron chi connectivity index (χ2n) is 2.93. The lowest BCUT2D eigenvalue weighted by Gasteiger charge is -2.17. The van der Waals surface area contributed by atoms with Crippen LogP contribution >= 0.6 is 0 Å². The second-order valence-corrected chi connectivity index (χ2v) is 2.93. The summed E-state index contributed by atoms with van der Waals surface area (Å²) in [7, 11) is 0. The minimum absolute atomic E-state index is 0.241. The van der Waals surface area contributed by atoms with Crippen molar-refractivity contribution in [1.29, 1.82) is 0 Å². The van der Waals surface area contributed by atoms with E-state index in [0.29, 0.717) is 0 Å². The van der Waals surface area contributed by atoms with E-state index >= 15 is 0 Å². The van der Waals surface area contributed by atoms with Crippen LogP contribution in [-0.2, 0) is 0 Å². The van der Waals surface area contributed by atoms with E-state index in [4.69, 9.17) is 0 Å². The van der Waals surface area contributed by atoms with Crippen molar-refractivity contribution in [3.8, 4) is 0 Å². The summed E-state index contributed by atoms with van der Waals surface area (Å²) in [5.74, 6) is 0.481. The van der Waals surface area contributed by atoms with Gasteiger partial charge in [0, 0.05) is 11.8 Å². The van der Waals surface area contributed by atoms with Gasteiger partial charge in [-0.2, -0.15) is 0 Å². The van der Waals surface area contributed by atoms with E-state index in [0.717, 1.165) is 6.42 Å². The molecule has 4 atom stereocenters. The summed E-state index contributed by atoms with van der Waals surface area (Å²) in [6.07, 6.45) is 3.98. The van der Waals surface area contributed by atoms with Crippen molar-refractivity contribution < 1.29 is 10.2 Å². The first-order chi connectivity index (χ1) is 4.29. The largest absolute Gasteiger partial charge is 0.390 e. The van der Waals surface area contributed by atoms with Crippen LogP contribution in [0.3, 0.4) is 0 Å². The number of aliphatic hydroxyl groups excluding tert-OH is 2. The average Bonchev–Trinajstić information content (AvgIpc) is 2.37. The maximum atomic E-state index is 9.19. The predicted molar refractivity (Wildman–Crippen MR) is 32.8 cm³/mol. The van der Waals surface area contributed by atoms with Gasteiger partial charge in [0.05, 0.1) is 12.2 Å². The molecule has 2 heteroatoms. The summed E-state index contributed by atoms with van der Waals surface area (Å²) in [6.45, 7) is 0. The highest BCUT2D eigenvalue weighted by Crippen LogP contribution is 2.38. The van der Waals surface area contributed by atoms with Crippen LogP contribution in [0.25, 0.3) is 0 Å². The number of rotatable bonds is 0. The van der Waals surface area contributed by atoms with E-state index in [-0.39, 0.29) is 11.8 Å². The molecule has 4 unspecified atom stereocenters. The lowest BCUT2D eigenvalue weighted by molar-refractivity contribution is 0.0135. The molecule has 1 fully saturated rings. The molecule has 0 aromatic heterocycles. The van der Waals surface area contributed by atoms with Crippen LogP contribution in [-0.4, -0.2) is 22.4 Å². The summed E-state index contributed by atoms with van der Waals surface area (Å²) in [4.78, 5) is 0. The molecular formula is C7H10O2. The molecule has 2 N–H and O–H groups in total. The van der Waals surface area contributed by atoms with Crippen molar-refractivity contribution in [3.63, 3.8) is 0 Å². The second kappa shape index (κ2) is 1.58. The zero-order valence-electron chi connectivity index (χ0n) is 5.07. The van der Waals surface area contributed by atoms with Gasteiger partial charge in [-0.15, -0.1) is 0 Å². The topological polar surface area (TPSA) is 40.5 Å². The molecule has 0 aromatic rings. The fourth-order valence-corrected chi connectivity index (χ4v) is 1.77. The van der Waals surface area contributed by atoms with Crippen molar-refractivity contribution >= 4 is 0 Å². The van der Waals surface area contributed by atoms with Crippen molar-refractivity contribution in [2.45, 2.75) is 18.6 Å². The van der Waals surface area contributed by atoms with E-state index in [1.807, 2.05) is 12.2 Å². The molecule has 50 valence electrons. The standard InChI is InChI=1S/C7H10O2/c8-6-4-1-2-5(3-4)7(6)9/h1-2,4-9H,3H2. The summed E-state index contributed by atoms with van der Waals surface area (Å²) < 4.78 is 0. The monoisotopic (exact) mass is 126 g/mol. The highest BCUT2D eigenvalue weighted by atomic mass is 16.3. The van der Waals surface area contributed by atoms with Crippen molar-refractivity contribution in [1.82, 2.24) is 0 Å². The molecule has 0 saturated heterocycles. The van der Waals surface area contributed by atoms with Gasteiger partial charge in [-0.25, -0.2) is 0 Å². The molecule has 0 spiro atoms. The minimum Gasteiger partial charge on any atom is -0.390 e. The van der Waals surface area contributed by atoms with Gasteiger partial charge in [0.15, 0.2) is 0 Å².